The van der Waals surface area contributed by atoms with Crippen molar-refractivity contribution < 1.29 is 24.2 Å². The monoisotopic (exact) mass is 693 g/mol. The Labute approximate surface area is 269 Å². The van der Waals surface area contributed by atoms with Gasteiger partial charge in [-0.2, -0.15) is 0 Å². The van der Waals surface area contributed by atoms with Crippen molar-refractivity contribution in [3.05, 3.63) is 70.8 Å². The van der Waals surface area contributed by atoms with Crippen molar-refractivity contribution in [1.82, 2.24) is 34.8 Å². The molecule has 1 aromatic carbocycles. The van der Waals surface area contributed by atoms with Crippen LogP contribution in [-0.4, -0.2) is 67.2 Å². The first kappa shape index (κ1) is 32.3. The lowest BCUT2D eigenvalue weighted by Gasteiger charge is -2.15. The highest BCUT2D eigenvalue weighted by molar-refractivity contribution is 9.10. The minimum atomic E-state index is -1.13. The van der Waals surface area contributed by atoms with Crippen molar-refractivity contribution >= 4 is 58.2 Å². The molecule has 0 radical (unpaired) electrons. The van der Waals surface area contributed by atoms with E-state index in [4.69, 9.17) is 9.47 Å². The van der Waals surface area contributed by atoms with Gasteiger partial charge in [-0.3, -0.25) is 4.79 Å². The Kier molecular flexibility index (Phi) is 9.95. The van der Waals surface area contributed by atoms with E-state index in [0.717, 1.165) is 6.04 Å². The van der Waals surface area contributed by atoms with E-state index in [0.29, 0.717) is 56.6 Å². The minimum absolute atomic E-state index is 0.132. The zero-order valence-corrected chi connectivity index (χ0v) is 28.2. The molecule has 14 heteroatoms. The second kappa shape index (κ2) is 13.9. The van der Waals surface area contributed by atoms with Crippen LogP contribution in [0.15, 0.2) is 59.7 Å². The van der Waals surface area contributed by atoms with Crippen molar-refractivity contribution in [1.29, 1.82) is 0 Å². The molecule has 3 N–H and O–H groups in total. The third-order valence-corrected chi connectivity index (χ3v) is 9.34. The number of ether oxygens (including phenoxy) is 2. The lowest BCUT2D eigenvalue weighted by molar-refractivity contribution is 0.0695. The van der Waals surface area contributed by atoms with Crippen LogP contribution in [0.1, 0.15) is 40.5 Å². The Morgan fingerprint density at radius 1 is 1.11 bits per heavy atom. The van der Waals surface area contributed by atoms with Gasteiger partial charge in [0, 0.05) is 33.1 Å². The zero-order valence-electron chi connectivity index (χ0n) is 25.6. The van der Waals surface area contributed by atoms with Gasteiger partial charge >= 0.3 is 5.97 Å². The number of halogens is 1. The summed E-state index contributed by atoms with van der Waals surface area (Å²) in [5.74, 6) is 0.481. The fourth-order valence-electron chi connectivity index (χ4n) is 4.53. The maximum atomic E-state index is 12.5. The van der Waals surface area contributed by atoms with Crippen LogP contribution in [0.25, 0.3) is 22.3 Å². The SMILES string of the molecule is CC(NC(=O)c1c[nH]c2ncc(Oc3ccccc3)nc12)C1CC1.C[Si](C)(C)CCOCn1cc(C(=O)O)c2nc(Br)cnc21. The van der Waals surface area contributed by atoms with E-state index in [1.54, 1.807) is 23.2 Å². The highest BCUT2D eigenvalue weighted by Gasteiger charge is 2.29. The number of nitrogens with one attached hydrogen (secondary N) is 2. The summed E-state index contributed by atoms with van der Waals surface area (Å²) in [5, 5.41) is 12.3. The quantitative estimate of drug-likeness (QED) is 0.104. The van der Waals surface area contributed by atoms with Crippen LogP contribution in [0.3, 0.4) is 0 Å². The molecule has 4 aromatic heterocycles. The molecule has 1 aliphatic rings. The number of carboxylic acids is 1. The Morgan fingerprint density at radius 2 is 1.87 bits per heavy atom. The highest BCUT2D eigenvalue weighted by Crippen LogP contribution is 2.32. The first-order valence-electron chi connectivity index (χ1n) is 14.7. The van der Waals surface area contributed by atoms with E-state index >= 15 is 0 Å². The highest BCUT2D eigenvalue weighted by atomic mass is 79.9. The van der Waals surface area contributed by atoms with Gasteiger partial charge < -0.3 is 29.4 Å². The summed E-state index contributed by atoms with van der Waals surface area (Å²) >= 11 is 3.21. The number of H-pyrrole nitrogens is 1. The van der Waals surface area contributed by atoms with Crippen molar-refractivity contribution in [2.75, 3.05) is 6.61 Å². The molecule has 0 spiro atoms. The lowest BCUT2D eigenvalue weighted by Crippen LogP contribution is -2.33. The number of hydrogen-bond acceptors (Lipinski definition) is 8. The van der Waals surface area contributed by atoms with Gasteiger partial charge in [0.2, 0.25) is 5.88 Å². The maximum Gasteiger partial charge on any atom is 0.339 e. The van der Waals surface area contributed by atoms with E-state index in [1.807, 2.05) is 37.3 Å². The van der Waals surface area contributed by atoms with Crippen LogP contribution < -0.4 is 10.1 Å². The van der Waals surface area contributed by atoms with Gasteiger partial charge in [0.05, 0.1) is 18.0 Å². The summed E-state index contributed by atoms with van der Waals surface area (Å²) in [7, 11) is -1.13. The summed E-state index contributed by atoms with van der Waals surface area (Å²) in [6.07, 6.45) is 8.63. The molecule has 1 atom stereocenters. The summed E-state index contributed by atoms with van der Waals surface area (Å²) in [4.78, 5) is 43.9. The fourth-order valence-corrected chi connectivity index (χ4v) is 5.57. The molecule has 0 saturated heterocycles. The number of aromatic carboxylic acids is 1. The molecule has 4 heterocycles. The number of carbonyl (C=O) groups excluding carboxylic acids is 1. The topological polar surface area (TPSA) is 157 Å². The molecule has 1 aliphatic carbocycles. The number of rotatable bonds is 11. The molecule has 6 rings (SSSR count). The van der Waals surface area contributed by atoms with Gasteiger partial charge in [-0.15, -0.1) is 0 Å². The van der Waals surface area contributed by atoms with Gasteiger partial charge in [-0.05, 0) is 59.8 Å². The van der Waals surface area contributed by atoms with E-state index in [9.17, 15) is 14.7 Å². The predicted molar refractivity (Wildman–Crippen MR) is 176 cm³/mol. The number of para-hydroxylation sites is 1. The number of fused-ring (bicyclic) bond motifs is 2. The molecular weight excluding hydrogens is 658 g/mol. The molecule has 236 valence electrons. The van der Waals surface area contributed by atoms with Crippen LogP contribution in [0.4, 0.5) is 0 Å². The summed E-state index contributed by atoms with van der Waals surface area (Å²) in [6.45, 7) is 9.85. The van der Waals surface area contributed by atoms with Crippen LogP contribution >= 0.6 is 15.9 Å². The summed E-state index contributed by atoms with van der Waals surface area (Å²) in [5.41, 5.74) is 2.59. The van der Waals surface area contributed by atoms with Gasteiger partial charge in [-0.1, -0.05) is 37.8 Å². The molecule has 1 fully saturated rings. The van der Waals surface area contributed by atoms with Crippen molar-refractivity contribution in [3.63, 3.8) is 0 Å². The molecule has 1 unspecified atom stereocenters. The molecule has 0 bridgehead atoms. The standard InChI is InChI=1S/C18H18N4O2.C13H18BrN3O3Si/c1-11(12-7-8-12)21-18(23)14-9-19-17-16(14)22-15(10-20-17)24-13-5-3-2-4-6-13;1-21(2,3)5-4-20-8-17-7-9(13(18)19)11-12(17)15-6-10(14)16-11/h2-6,9-12H,7-8H2,1H3,(H,19,20)(H,21,23);6-7H,4-5,8H2,1-3H3,(H,18,19). The summed E-state index contributed by atoms with van der Waals surface area (Å²) < 4.78 is 13.5. The van der Waals surface area contributed by atoms with Crippen molar-refractivity contribution in [2.45, 2.75) is 58.2 Å². The third kappa shape index (κ3) is 8.52. The smallest absolute Gasteiger partial charge is 0.339 e. The van der Waals surface area contributed by atoms with Gasteiger partial charge in [-0.25, -0.2) is 24.7 Å². The third-order valence-electron chi connectivity index (χ3n) is 7.25. The Morgan fingerprint density at radius 3 is 2.56 bits per heavy atom. The number of amides is 1. The Hall–Kier alpha value is -4.14. The van der Waals surface area contributed by atoms with Crippen molar-refractivity contribution in [2.24, 2.45) is 5.92 Å². The average molecular weight is 695 g/mol. The number of carbonyl (C=O) groups is 2. The molecule has 12 nitrogen and oxygen atoms in total. The van der Waals surface area contributed by atoms with Crippen LogP contribution in [0.5, 0.6) is 11.6 Å². The largest absolute Gasteiger partial charge is 0.478 e. The number of aromatic nitrogens is 6. The zero-order chi connectivity index (χ0) is 32.1. The van der Waals surface area contributed by atoms with Crippen LogP contribution in [0, 0.1) is 5.92 Å². The number of carboxylic acid groups (broad SMARTS) is 1. The van der Waals surface area contributed by atoms with Crippen LogP contribution in [-0.2, 0) is 11.5 Å². The molecule has 5 aromatic rings. The molecule has 1 amide bonds. The van der Waals surface area contributed by atoms with Gasteiger partial charge in [0.1, 0.15) is 33.7 Å². The first-order chi connectivity index (χ1) is 21.5. The molecule has 0 aliphatic heterocycles. The van der Waals surface area contributed by atoms with E-state index in [2.05, 4.69) is 65.8 Å². The van der Waals surface area contributed by atoms with E-state index in [-0.39, 0.29) is 24.2 Å². The van der Waals surface area contributed by atoms with Crippen LogP contribution in [0.2, 0.25) is 25.7 Å². The van der Waals surface area contributed by atoms with E-state index in [1.165, 1.54) is 19.0 Å². The average Bonchev–Trinajstić information content (AvgIpc) is 3.67. The summed E-state index contributed by atoms with van der Waals surface area (Å²) in [6, 6.07) is 10.6. The second-order valence-corrected chi connectivity index (χ2v) is 18.6. The molecule has 45 heavy (non-hydrogen) atoms. The first-order valence-corrected chi connectivity index (χ1v) is 19.2. The maximum absolute atomic E-state index is 12.5. The van der Waals surface area contributed by atoms with Crippen molar-refractivity contribution in [3.8, 4) is 11.6 Å². The second-order valence-electron chi connectivity index (χ2n) is 12.2. The van der Waals surface area contributed by atoms with Gasteiger partial charge in [0.25, 0.3) is 5.91 Å². The molecule has 1 saturated carbocycles. The lowest BCUT2D eigenvalue weighted by atomic mass is 10.2. The predicted octanol–water partition coefficient (Wildman–Crippen LogP) is 6.48. The number of nitrogens with zero attached hydrogens (tertiary/aromatic N) is 5. The molecular formula is C31H36BrN7O5Si. The number of hydrogen-bond donors (Lipinski definition) is 3. The number of benzene rings is 1. The Balaban J connectivity index is 0.000000180. The minimum Gasteiger partial charge on any atom is -0.478 e. The Bertz CT molecular complexity index is 1800. The fraction of sp³-hybridized carbons (Fsp3) is 0.355. The normalized spacial score (nSPS) is 13.7. The number of aromatic amines is 1. The van der Waals surface area contributed by atoms with Gasteiger partial charge in [0.15, 0.2) is 11.3 Å². The van der Waals surface area contributed by atoms with E-state index < -0.39 is 14.0 Å².